The first-order chi connectivity index (χ1) is 12.5. The van der Waals surface area contributed by atoms with Crippen LogP contribution in [-0.2, 0) is 0 Å². The van der Waals surface area contributed by atoms with E-state index in [0.717, 1.165) is 11.3 Å². The number of carbonyl (C=O) groups excluding carboxylic acids is 1. The maximum atomic E-state index is 12.6. The molecular formula is C19H16ClN3O3. The van der Waals surface area contributed by atoms with Gasteiger partial charge in [-0.15, -0.1) is 0 Å². The molecule has 6 nitrogen and oxygen atoms in total. The summed E-state index contributed by atoms with van der Waals surface area (Å²) >= 11 is 5.97. The Bertz CT molecular complexity index is 1030. The number of halogens is 1. The van der Waals surface area contributed by atoms with E-state index in [-0.39, 0.29) is 5.69 Å². The molecular weight excluding hydrogens is 354 g/mol. The van der Waals surface area contributed by atoms with Crippen LogP contribution in [0, 0.1) is 6.92 Å². The number of carbonyl (C=O) groups is 1. The number of amides is 1. The van der Waals surface area contributed by atoms with Gasteiger partial charge in [0.2, 0.25) is 5.43 Å². The van der Waals surface area contributed by atoms with Gasteiger partial charge in [0.1, 0.15) is 5.75 Å². The first-order valence-electron chi connectivity index (χ1n) is 7.80. The van der Waals surface area contributed by atoms with Crippen LogP contribution in [0.3, 0.4) is 0 Å². The van der Waals surface area contributed by atoms with Crippen LogP contribution >= 0.6 is 11.6 Å². The second-order valence-electron chi connectivity index (χ2n) is 5.61. The Morgan fingerprint density at radius 3 is 2.73 bits per heavy atom. The molecule has 0 atom stereocenters. The lowest BCUT2D eigenvalue weighted by Crippen LogP contribution is -2.25. The van der Waals surface area contributed by atoms with Crippen molar-refractivity contribution in [3.8, 4) is 11.4 Å². The molecule has 1 N–H and O–H groups in total. The van der Waals surface area contributed by atoms with Crippen LogP contribution in [0.2, 0.25) is 5.02 Å². The summed E-state index contributed by atoms with van der Waals surface area (Å²) in [6.45, 7) is 1.95. The Hall–Kier alpha value is -3.12. The van der Waals surface area contributed by atoms with Crippen molar-refractivity contribution in [3.63, 3.8) is 0 Å². The molecule has 0 aliphatic heterocycles. The number of methoxy groups -OCH3 is 1. The highest BCUT2D eigenvalue weighted by Gasteiger charge is 2.16. The van der Waals surface area contributed by atoms with Gasteiger partial charge in [-0.3, -0.25) is 9.59 Å². The van der Waals surface area contributed by atoms with Crippen molar-refractivity contribution < 1.29 is 9.53 Å². The number of anilines is 1. The van der Waals surface area contributed by atoms with Crippen molar-refractivity contribution in [3.05, 3.63) is 81.2 Å². The largest absolute Gasteiger partial charge is 0.495 e. The SMILES string of the molecule is COc1ccc(Cl)cc1NC(=O)c1nn(-c2cccc(C)c2)ccc1=O. The monoisotopic (exact) mass is 369 g/mol. The molecule has 0 saturated carbocycles. The zero-order chi connectivity index (χ0) is 18.7. The first-order valence-corrected chi connectivity index (χ1v) is 8.17. The number of rotatable bonds is 4. The summed E-state index contributed by atoms with van der Waals surface area (Å²) in [6, 6.07) is 13.7. The van der Waals surface area contributed by atoms with Crippen LogP contribution in [0.5, 0.6) is 5.75 Å². The van der Waals surface area contributed by atoms with Gasteiger partial charge in [0.05, 0.1) is 18.5 Å². The topological polar surface area (TPSA) is 73.2 Å². The number of nitrogens with one attached hydrogen (secondary N) is 1. The smallest absolute Gasteiger partial charge is 0.280 e. The minimum Gasteiger partial charge on any atom is -0.495 e. The van der Waals surface area contributed by atoms with Crippen LogP contribution in [0.25, 0.3) is 5.69 Å². The molecule has 3 aromatic rings. The van der Waals surface area contributed by atoms with E-state index in [1.54, 1.807) is 18.2 Å². The molecule has 0 aliphatic carbocycles. The van der Waals surface area contributed by atoms with E-state index in [4.69, 9.17) is 16.3 Å². The minimum atomic E-state index is -0.641. The maximum Gasteiger partial charge on any atom is 0.280 e. The predicted octanol–water partition coefficient (Wildman–Crippen LogP) is 3.46. The number of hydrogen-bond donors (Lipinski definition) is 1. The zero-order valence-electron chi connectivity index (χ0n) is 14.2. The Morgan fingerprint density at radius 1 is 1.19 bits per heavy atom. The van der Waals surface area contributed by atoms with Gasteiger partial charge in [-0.25, -0.2) is 4.68 Å². The fourth-order valence-electron chi connectivity index (χ4n) is 2.44. The first kappa shape index (κ1) is 17.7. The van der Waals surface area contributed by atoms with Crippen LogP contribution in [0.4, 0.5) is 5.69 Å². The molecule has 26 heavy (non-hydrogen) atoms. The van der Waals surface area contributed by atoms with Gasteiger partial charge in [0.25, 0.3) is 5.91 Å². The summed E-state index contributed by atoms with van der Waals surface area (Å²) in [4.78, 5) is 24.7. The fourth-order valence-corrected chi connectivity index (χ4v) is 2.61. The van der Waals surface area contributed by atoms with Crippen LogP contribution < -0.4 is 15.5 Å². The summed E-state index contributed by atoms with van der Waals surface area (Å²) in [6.07, 6.45) is 1.52. The van der Waals surface area contributed by atoms with Gasteiger partial charge >= 0.3 is 0 Å². The average Bonchev–Trinajstić information content (AvgIpc) is 2.62. The van der Waals surface area contributed by atoms with Crippen LogP contribution in [0.15, 0.2) is 59.5 Å². The molecule has 0 unspecified atom stereocenters. The maximum absolute atomic E-state index is 12.6. The molecule has 0 radical (unpaired) electrons. The second-order valence-corrected chi connectivity index (χ2v) is 6.05. The summed E-state index contributed by atoms with van der Waals surface area (Å²) < 4.78 is 6.68. The van der Waals surface area contributed by atoms with Crippen molar-refractivity contribution in [1.82, 2.24) is 9.78 Å². The van der Waals surface area contributed by atoms with E-state index in [2.05, 4.69) is 10.4 Å². The molecule has 0 aliphatic rings. The number of hydrogen-bond acceptors (Lipinski definition) is 4. The van der Waals surface area contributed by atoms with Gasteiger partial charge in [-0.05, 0) is 42.8 Å². The van der Waals surface area contributed by atoms with E-state index in [9.17, 15) is 9.59 Å². The Morgan fingerprint density at radius 2 is 2.00 bits per heavy atom. The molecule has 0 fully saturated rings. The van der Waals surface area contributed by atoms with Gasteiger partial charge in [-0.1, -0.05) is 23.7 Å². The number of aromatic nitrogens is 2. The third kappa shape index (κ3) is 3.75. The molecule has 3 rings (SSSR count). The number of benzene rings is 2. The van der Waals surface area contributed by atoms with E-state index >= 15 is 0 Å². The van der Waals surface area contributed by atoms with Crippen molar-refractivity contribution in [2.24, 2.45) is 0 Å². The Balaban J connectivity index is 1.96. The van der Waals surface area contributed by atoms with Crippen molar-refractivity contribution in [2.45, 2.75) is 6.92 Å². The van der Waals surface area contributed by atoms with Crippen molar-refractivity contribution in [1.29, 1.82) is 0 Å². The molecule has 1 amide bonds. The third-order valence-corrected chi connectivity index (χ3v) is 3.93. The summed E-state index contributed by atoms with van der Waals surface area (Å²) in [5, 5.41) is 7.23. The molecule has 132 valence electrons. The summed E-state index contributed by atoms with van der Waals surface area (Å²) in [7, 11) is 1.48. The van der Waals surface area contributed by atoms with Gasteiger partial charge in [-0.2, -0.15) is 5.10 Å². The third-order valence-electron chi connectivity index (χ3n) is 3.70. The van der Waals surface area contributed by atoms with Crippen molar-refractivity contribution >= 4 is 23.2 Å². The van der Waals surface area contributed by atoms with Crippen LogP contribution in [0.1, 0.15) is 16.1 Å². The Labute approximate surface area is 155 Å². The lowest BCUT2D eigenvalue weighted by molar-refractivity contribution is 0.101. The number of ether oxygens (including phenoxy) is 1. The molecule has 0 bridgehead atoms. The highest BCUT2D eigenvalue weighted by Crippen LogP contribution is 2.27. The van der Waals surface area contributed by atoms with E-state index < -0.39 is 11.3 Å². The van der Waals surface area contributed by atoms with E-state index in [1.807, 2.05) is 31.2 Å². The predicted molar refractivity (Wildman–Crippen MR) is 101 cm³/mol. The lowest BCUT2D eigenvalue weighted by Gasteiger charge is -2.11. The van der Waals surface area contributed by atoms with E-state index in [0.29, 0.717) is 16.5 Å². The van der Waals surface area contributed by atoms with Gasteiger partial charge in [0, 0.05) is 17.3 Å². The second kappa shape index (κ2) is 7.41. The molecule has 1 aromatic heterocycles. The molecule has 2 aromatic carbocycles. The van der Waals surface area contributed by atoms with Gasteiger partial charge in [0.15, 0.2) is 5.69 Å². The zero-order valence-corrected chi connectivity index (χ0v) is 14.9. The quantitative estimate of drug-likeness (QED) is 0.764. The van der Waals surface area contributed by atoms with Crippen LogP contribution in [-0.4, -0.2) is 22.8 Å². The minimum absolute atomic E-state index is 0.226. The average molecular weight is 370 g/mol. The fraction of sp³-hybridized carbons (Fsp3) is 0.105. The van der Waals surface area contributed by atoms with E-state index in [1.165, 1.54) is 24.1 Å². The summed E-state index contributed by atoms with van der Waals surface area (Å²) in [5.74, 6) is -0.213. The molecule has 0 saturated heterocycles. The summed E-state index contributed by atoms with van der Waals surface area (Å²) in [5.41, 5.74) is 1.44. The number of aryl methyl sites for hydroxylation is 1. The molecule has 7 heteroatoms. The standard InChI is InChI=1S/C19H16ClN3O3/c1-12-4-3-5-14(10-12)23-9-8-16(24)18(22-23)19(25)21-15-11-13(20)6-7-17(15)26-2/h3-11H,1-2H3,(H,21,25). The Kier molecular flexibility index (Phi) is 5.04. The van der Waals surface area contributed by atoms with Crippen molar-refractivity contribution in [2.75, 3.05) is 12.4 Å². The normalized spacial score (nSPS) is 10.4. The lowest BCUT2D eigenvalue weighted by atomic mass is 10.2. The highest BCUT2D eigenvalue weighted by atomic mass is 35.5. The molecule has 0 spiro atoms. The molecule has 1 heterocycles. The van der Waals surface area contributed by atoms with Gasteiger partial charge < -0.3 is 10.1 Å². The highest BCUT2D eigenvalue weighted by molar-refractivity contribution is 6.31. The number of nitrogens with zero attached hydrogens (tertiary/aromatic N) is 2.